The van der Waals surface area contributed by atoms with E-state index in [2.05, 4.69) is 41.8 Å². The molecule has 0 aliphatic heterocycles. The Morgan fingerprint density at radius 2 is 1.92 bits per heavy atom. The van der Waals surface area contributed by atoms with Crippen LogP contribution in [0.25, 0.3) is 0 Å². The lowest BCUT2D eigenvalue weighted by molar-refractivity contribution is -0.119. The van der Waals surface area contributed by atoms with Gasteiger partial charge in [-0.1, -0.05) is 55.8 Å². The number of hydrogen-bond acceptors (Lipinski definition) is 3. The first kappa shape index (κ1) is 18.0. The Bertz CT molecular complexity index is 724. The molecule has 5 heteroatoms. The molecule has 0 spiro atoms. The van der Waals surface area contributed by atoms with E-state index in [9.17, 15) is 4.79 Å². The average molecular weight is 344 g/mol. The highest BCUT2D eigenvalue weighted by atomic mass is 35.5. The Morgan fingerprint density at radius 1 is 1.21 bits per heavy atom. The number of carbonyl (C=O) groups is 1. The summed E-state index contributed by atoms with van der Waals surface area (Å²) in [6, 6.07) is 13.6. The van der Waals surface area contributed by atoms with Crippen LogP contribution >= 0.6 is 11.6 Å². The molecule has 2 N–H and O–H groups in total. The molecule has 0 saturated heterocycles. The summed E-state index contributed by atoms with van der Waals surface area (Å²) in [5, 5.41) is 7.70. The molecule has 0 bridgehead atoms. The first-order valence-corrected chi connectivity index (χ1v) is 8.26. The second-order valence-corrected chi connectivity index (χ2v) is 6.29. The molecule has 0 saturated carbocycles. The fourth-order valence-corrected chi connectivity index (χ4v) is 2.33. The van der Waals surface area contributed by atoms with Crippen molar-refractivity contribution in [2.45, 2.75) is 26.7 Å². The number of nitrogens with one attached hydrogen (secondary N) is 2. The lowest BCUT2D eigenvalue weighted by Crippen LogP contribution is -2.26. The molecule has 0 atom stereocenters. The molecule has 0 unspecified atom stereocenters. The number of hydrazone groups is 1. The molecule has 0 aliphatic carbocycles. The second kappa shape index (κ2) is 8.50. The molecule has 0 aromatic heterocycles. The van der Waals surface area contributed by atoms with Gasteiger partial charge in [-0.2, -0.15) is 5.10 Å². The minimum atomic E-state index is -0.218. The number of nitrogens with zero attached hydrogens (tertiary/aromatic N) is 1. The predicted molar refractivity (Wildman–Crippen MR) is 101 cm³/mol. The molecule has 2 aromatic rings. The van der Waals surface area contributed by atoms with Crippen molar-refractivity contribution >= 4 is 29.4 Å². The fourth-order valence-electron chi connectivity index (χ4n) is 2.16. The van der Waals surface area contributed by atoms with Crippen LogP contribution in [0.1, 0.15) is 36.5 Å². The summed E-state index contributed by atoms with van der Waals surface area (Å²) < 4.78 is 0. The molecular weight excluding hydrogens is 322 g/mol. The maximum absolute atomic E-state index is 11.8. The molecule has 2 aromatic carbocycles. The number of rotatable bonds is 6. The van der Waals surface area contributed by atoms with Gasteiger partial charge in [0.1, 0.15) is 0 Å². The van der Waals surface area contributed by atoms with Crippen molar-refractivity contribution < 1.29 is 4.79 Å². The van der Waals surface area contributed by atoms with E-state index < -0.39 is 0 Å². The van der Waals surface area contributed by atoms with Crippen LogP contribution in [-0.4, -0.2) is 18.7 Å². The fraction of sp³-hybridized carbons (Fsp3) is 0.263. The zero-order valence-electron chi connectivity index (χ0n) is 14.1. The number of amides is 1. The van der Waals surface area contributed by atoms with Crippen molar-refractivity contribution in [1.82, 2.24) is 5.43 Å². The van der Waals surface area contributed by atoms with Crippen molar-refractivity contribution in [2.75, 3.05) is 11.9 Å². The molecule has 0 heterocycles. The molecule has 24 heavy (non-hydrogen) atoms. The molecule has 0 aliphatic rings. The molecular formula is C19H22ClN3O. The SMILES string of the molecule is Cc1c(Cl)cccc1NCC(=O)NN=Cc1ccc(C(C)C)cc1. The van der Waals surface area contributed by atoms with Gasteiger partial charge in [0.05, 0.1) is 12.8 Å². The highest BCUT2D eigenvalue weighted by Crippen LogP contribution is 2.22. The summed E-state index contributed by atoms with van der Waals surface area (Å²) in [4.78, 5) is 11.8. The maximum atomic E-state index is 11.8. The number of benzene rings is 2. The summed E-state index contributed by atoms with van der Waals surface area (Å²) in [6.07, 6.45) is 1.63. The molecule has 2 rings (SSSR count). The zero-order chi connectivity index (χ0) is 17.5. The van der Waals surface area contributed by atoms with Crippen molar-refractivity contribution in [2.24, 2.45) is 5.10 Å². The van der Waals surface area contributed by atoms with Crippen LogP contribution in [0.5, 0.6) is 0 Å². The Morgan fingerprint density at radius 3 is 2.58 bits per heavy atom. The van der Waals surface area contributed by atoms with Gasteiger partial charge in [-0.05, 0) is 41.7 Å². The number of carbonyl (C=O) groups excluding carboxylic acids is 1. The Labute approximate surface area is 147 Å². The van der Waals surface area contributed by atoms with E-state index in [0.717, 1.165) is 16.8 Å². The van der Waals surface area contributed by atoms with Crippen molar-refractivity contribution in [3.63, 3.8) is 0 Å². The van der Waals surface area contributed by atoms with Gasteiger partial charge in [0.25, 0.3) is 5.91 Å². The van der Waals surface area contributed by atoms with Gasteiger partial charge in [-0.15, -0.1) is 0 Å². The van der Waals surface area contributed by atoms with Crippen LogP contribution in [0.2, 0.25) is 5.02 Å². The smallest absolute Gasteiger partial charge is 0.259 e. The monoisotopic (exact) mass is 343 g/mol. The Kier molecular flexibility index (Phi) is 6.38. The third-order valence-corrected chi connectivity index (χ3v) is 4.12. The van der Waals surface area contributed by atoms with Crippen LogP contribution in [-0.2, 0) is 4.79 Å². The topological polar surface area (TPSA) is 53.5 Å². The lowest BCUT2D eigenvalue weighted by Gasteiger charge is -2.09. The Balaban J connectivity index is 1.83. The highest BCUT2D eigenvalue weighted by molar-refractivity contribution is 6.31. The molecule has 1 amide bonds. The van der Waals surface area contributed by atoms with E-state index in [1.165, 1.54) is 5.56 Å². The van der Waals surface area contributed by atoms with Crippen molar-refractivity contribution in [1.29, 1.82) is 0 Å². The minimum absolute atomic E-state index is 0.130. The standard InChI is InChI=1S/C19H22ClN3O/c1-13(2)16-9-7-15(8-10-16)11-22-23-19(24)12-21-18-6-4-5-17(20)14(18)3/h4-11,13,21H,12H2,1-3H3,(H,23,24). The minimum Gasteiger partial charge on any atom is -0.376 e. The van der Waals surface area contributed by atoms with E-state index >= 15 is 0 Å². The first-order valence-electron chi connectivity index (χ1n) is 7.88. The number of anilines is 1. The summed E-state index contributed by atoms with van der Waals surface area (Å²) in [6.45, 7) is 6.34. The van der Waals surface area contributed by atoms with Gasteiger partial charge in [0.2, 0.25) is 0 Å². The molecule has 126 valence electrons. The van der Waals surface area contributed by atoms with Crippen molar-refractivity contribution in [3.05, 3.63) is 64.2 Å². The van der Waals surface area contributed by atoms with Crippen LogP contribution in [0.4, 0.5) is 5.69 Å². The van der Waals surface area contributed by atoms with Crippen LogP contribution < -0.4 is 10.7 Å². The Hall–Kier alpha value is -2.33. The molecule has 0 radical (unpaired) electrons. The van der Waals surface area contributed by atoms with E-state index in [0.29, 0.717) is 10.9 Å². The third kappa shape index (κ3) is 5.10. The van der Waals surface area contributed by atoms with Gasteiger partial charge in [-0.25, -0.2) is 5.43 Å². The third-order valence-electron chi connectivity index (χ3n) is 3.71. The van der Waals surface area contributed by atoms with E-state index in [4.69, 9.17) is 11.6 Å². The van der Waals surface area contributed by atoms with Crippen LogP contribution in [0.15, 0.2) is 47.6 Å². The zero-order valence-corrected chi connectivity index (χ0v) is 14.9. The normalized spacial score (nSPS) is 11.0. The molecule has 0 fully saturated rings. The van der Waals surface area contributed by atoms with Gasteiger partial charge in [0.15, 0.2) is 0 Å². The molecule has 4 nitrogen and oxygen atoms in total. The predicted octanol–water partition coefficient (Wildman–Crippen LogP) is 4.33. The second-order valence-electron chi connectivity index (χ2n) is 5.88. The first-order chi connectivity index (χ1) is 11.5. The van der Waals surface area contributed by atoms with Gasteiger partial charge in [-0.3, -0.25) is 4.79 Å². The quantitative estimate of drug-likeness (QED) is 0.605. The van der Waals surface area contributed by atoms with Gasteiger partial charge < -0.3 is 5.32 Å². The van der Waals surface area contributed by atoms with Crippen LogP contribution in [0.3, 0.4) is 0 Å². The number of halogens is 1. The van der Waals surface area contributed by atoms with Gasteiger partial charge in [0, 0.05) is 10.7 Å². The van der Waals surface area contributed by atoms with E-state index in [-0.39, 0.29) is 12.5 Å². The van der Waals surface area contributed by atoms with Gasteiger partial charge >= 0.3 is 0 Å². The number of hydrogen-bond donors (Lipinski definition) is 2. The maximum Gasteiger partial charge on any atom is 0.259 e. The largest absolute Gasteiger partial charge is 0.376 e. The van der Waals surface area contributed by atoms with E-state index in [1.807, 2.05) is 37.3 Å². The summed E-state index contributed by atoms with van der Waals surface area (Å²) in [5.74, 6) is 0.279. The van der Waals surface area contributed by atoms with Crippen molar-refractivity contribution in [3.8, 4) is 0 Å². The average Bonchev–Trinajstić information content (AvgIpc) is 2.56. The summed E-state index contributed by atoms with van der Waals surface area (Å²) in [7, 11) is 0. The van der Waals surface area contributed by atoms with E-state index in [1.54, 1.807) is 6.21 Å². The lowest BCUT2D eigenvalue weighted by atomic mass is 10.0. The highest BCUT2D eigenvalue weighted by Gasteiger charge is 2.04. The summed E-state index contributed by atoms with van der Waals surface area (Å²) in [5.41, 5.74) is 6.48. The van der Waals surface area contributed by atoms with Crippen LogP contribution in [0, 0.1) is 6.92 Å². The summed E-state index contributed by atoms with van der Waals surface area (Å²) >= 11 is 6.05.